The van der Waals surface area contributed by atoms with Gasteiger partial charge in [-0.3, -0.25) is 10.1 Å². The molecule has 4 rings (SSSR count). The highest BCUT2D eigenvalue weighted by Gasteiger charge is 2.18. The number of rotatable bonds is 3. The third-order valence-corrected chi connectivity index (χ3v) is 4.10. The number of nitro benzene ring substituents is 1. The zero-order valence-electron chi connectivity index (χ0n) is 13.4. The number of hydrogen-bond acceptors (Lipinski definition) is 4. The molecule has 130 valence electrons. The predicted octanol–water partition coefficient (Wildman–Crippen LogP) is 4.69. The van der Waals surface area contributed by atoms with Crippen LogP contribution in [0.4, 0.5) is 14.5 Å². The average Bonchev–Trinajstić information content (AvgIpc) is 3.19. The molecule has 0 spiro atoms. The number of hydrogen-bond donors (Lipinski definition) is 0. The summed E-state index contributed by atoms with van der Waals surface area (Å²) >= 11 is 0. The number of aromatic nitrogens is 2. The molecule has 0 saturated heterocycles. The van der Waals surface area contributed by atoms with Gasteiger partial charge in [-0.2, -0.15) is 0 Å². The van der Waals surface area contributed by atoms with Crippen molar-refractivity contribution in [1.29, 1.82) is 0 Å². The van der Waals surface area contributed by atoms with Gasteiger partial charge in [-0.05, 0) is 30.3 Å². The Hall–Kier alpha value is -3.55. The smallest absolute Gasteiger partial charge is 0.271 e. The quantitative estimate of drug-likeness (QED) is 0.395. The Balaban J connectivity index is 1.80. The van der Waals surface area contributed by atoms with E-state index in [1.807, 2.05) is 0 Å². The van der Waals surface area contributed by atoms with Crippen molar-refractivity contribution in [2.75, 3.05) is 0 Å². The molecule has 2 aromatic heterocycles. The summed E-state index contributed by atoms with van der Waals surface area (Å²) in [6, 6.07) is 10.8. The van der Waals surface area contributed by atoms with Crippen molar-refractivity contribution in [3.8, 4) is 22.9 Å². The fraction of sp³-hybridized carbons (Fsp3) is 0.0556. The molecule has 26 heavy (non-hydrogen) atoms. The number of nitro groups is 1. The van der Waals surface area contributed by atoms with Crippen molar-refractivity contribution in [3.63, 3.8) is 0 Å². The molecule has 8 heteroatoms. The molecule has 0 atom stereocenters. The zero-order valence-corrected chi connectivity index (χ0v) is 13.4. The molecule has 0 bridgehead atoms. The molecule has 0 aliphatic heterocycles. The molecule has 0 amide bonds. The van der Waals surface area contributed by atoms with Gasteiger partial charge in [0.2, 0.25) is 0 Å². The van der Waals surface area contributed by atoms with Crippen LogP contribution in [0.2, 0.25) is 0 Å². The van der Waals surface area contributed by atoms with E-state index >= 15 is 0 Å². The van der Waals surface area contributed by atoms with Crippen LogP contribution in [0.1, 0.15) is 0 Å². The topological polar surface area (TPSA) is 74.1 Å². The van der Waals surface area contributed by atoms with E-state index in [0.717, 1.165) is 12.1 Å². The van der Waals surface area contributed by atoms with Gasteiger partial charge >= 0.3 is 0 Å². The lowest BCUT2D eigenvalue weighted by atomic mass is 10.1. The first kappa shape index (κ1) is 15.9. The van der Waals surface area contributed by atoms with Gasteiger partial charge in [-0.1, -0.05) is 0 Å². The van der Waals surface area contributed by atoms with Crippen LogP contribution in [-0.2, 0) is 7.05 Å². The second-order valence-corrected chi connectivity index (χ2v) is 5.71. The van der Waals surface area contributed by atoms with Gasteiger partial charge in [0, 0.05) is 25.2 Å². The Labute approximate surface area is 145 Å². The van der Waals surface area contributed by atoms with E-state index in [2.05, 4.69) is 4.98 Å². The second kappa shape index (κ2) is 5.76. The van der Waals surface area contributed by atoms with E-state index in [9.17, 15) is 18.9 Å². The van der Waals surface area contributed by atoms with Crippen LogP contribution in [0.15, 0.2) is 52.9 Å². The van der Waals surface area contributed by atoms with Crippen LogP contribution in [0.5, 0.6) is 0 Å². The Morgan fingerprint density at radius 3 is 2.58 bits per heavy atom. The Bertz CT molecular complexity index is 1160. The normalized spacial score (nSPS) is 11.2. The van der Waals surface area contributed by atoms with Crippen LogP contribution in [-0.4, -0.2) is 14.5 Å². The van der Waals surface area contributed by atoms with Gasteiger partial charge in [-0.25, -0.2) is 13.8 Å². The minimum Gasteiger partial charge on any atom is -0.453 e. The lowest BCUT2D eigenvalue weighted by Gasteiger charge is -2.01. The molecule has 0 fully saturated rings. The maximum absolute atomic E-state index is 13.9. The molecule has 6 nitrogen and oxygen atoms in total. The number of furan rings is 1. The molecule has 0 aliphatic rings. The highest BCUT2D eigenvalue weighted by molar-refractivity contribution is 5.82. The molecule has 0 unspecified atom stereocenters. The van der Waals surface area contributed by atoms with Crippen LogP contribution in [0.25, 0.3) is 33.9 Å². The summed E-state index contributed by atoms with van der Waals surface area (Å²) in [5.41, 5.74) is 1.23. The largest absolute Gasteiger partial charge is 0.453 e. The van der Waals surface area contributed by atoms with Crippen LogP contribution >= 0.6 is 0 Å². The standard InChI is InChI=1S/C18H11F2N3O3/c1-22-15-9-11(23(24)25)3-5-14(15)21-18(22)17-7-6-16(26-17)12-4-2-10(19)8-13(12)20/h2-9H,1H3. The molecule has 2 heterocycles. The van der Waals surface area contributed by atoms with Crippen molar-refractivity contribution in [1.82, 2.24) is 9.55 Å². The van der Waals surface area contributed by atoms with Crippen molar-refractivity contribution in [2.45, 2.75) is 0 Å². The maximum atomic E-state index is 13.9. The summed E-state index contributed by atoms with van der Waals surface area (Å²) in [5.74, 6) is -0.364. The first-order valence-corrected chi connectivity index (χ1v) is 7.60. The van der Waals surface area contributed by atoms with E-state index in [4.69, 9.17) is 4.42 Å². The molecule has 2 aromatic carbocycles. The van der Waals surface area contributed by atoms with Crippen LogP contribution in [0.3, 0.4) is 0 Å². The van der Waals surface area contributed by atoms with Gasteiger partial charge in [0.05, 0.1) is 21.5 Å². The third kappa shape index (κ3) is 2.52. The van der Waals surface area contributed by atoms with Gasteiger partial charge in [0.1, 0.15) is 17.4 Å². The Morgan fingerprint density at radius 1 is 1.08 bits per heavy atom. The maximum Gasteiger partial charge on any atom is 0.271 e. The van der Waals surface area contributed by atoms with E-state index in [1.165, 1.54) is 18.2 Å². The summed E-state index contributed by atoms with van der Waals surface area (Å²) < 4.78 is 34.3. The first-order chi connectivity index (χ1) is 12.4. The van der Waals surface area contributed by atoms with E-state index in [0.29, 0.717) is 22.6 Å². The van der Waals surface area contributed by atoms with Crippen molar-refractivity contribution in [2.24, 2.45) is 7.05 Å². The van der Waals surface area contributed by atoms with Crippen molar-refractivity contribution >= 4 is 16.7 Å². The summed E-state index contributed by atoms with van der Waals surface area (Å²) in [7, 11) is 1.70. The molecule has 0 aliphatic carbocycles. The van der Waals surface area contributed by atoms with Crippen LogP contribution in [0, 0.1) is 21.7 Å². The summed E-state index contributed by atoms with van der Waals surface area (Å²) in [6.45, 7) is 0. The highest BCUT2D eigenvalue weighted by Crippen LogP contribution is 2.32. The molecule has 0 N–H and O–H groups in total. The third-order valence-electron chi connectivity index (χ3n) is 4.10. The van der Waals surface area contributed by atoms with Gasteiger partial charge in [-0.15, -0.1) is 0 Å². The number of benzene rings is 2. The van der Waals surface area contributed by atoms with E-state index in [-0.39, 0.29) is 17.0 Å². The molecule has 0 radical (unpaired) electrons. The average molecular weight is 355 g/mol. The summed E-state index contributed by atoms with van der Waals surface area (Å²) in [4.78, 5) is 14.9. The van der Waals surface area contributed by atoms with Crippen molar-refractivity contribution < 1.29 is 18.1 Å². The molecular weight excluding hydrogens is 344 g/mol. The lowest BCUT2D eigenvalue weighted by molar-refractivity contribution is -0.384. The number of nitrogens with zero attached hydrogens (tertiary/aromatic N) is 3. The fourth-order valence-electron chi connectivity index (χ4n) is 2.80. The summed E-state index contributed by atoms with van der Waals surface area (Å²) in [5, 5.41) is 10.9. The van der Waals surface area contributed by atoms with E-state index in [1.54, 1.807) is 29.8 Å². The minimum absolute atomic E-state index is 0.0411. The number of imidazole rings is 1. The monoisotopic (exact) mass is 355 g/mol. The Morgan fingerprint density at radius 2 is 1.85 bits per heavy atom. The van der Waals surface area contributed by atoms with Gasteiger partial charge in [0.15, 0.2) is 11.6 Å². The number of aryl methyl sites for hydroxylation is 1. The van der Waals surface area contributed by atoms with Gasteiger partial charge in [0.25, 0.3) is 5.69 Å². The summed E-state index contributed by atoms with van der Waals surface area (Å²) in [6.07, 6.45) is 0. The van der Waals surface area contributed by atoms with E-state index < -0.39 is 16.6 Å². The number of halogens is 2. The molecular formula is C18H11F2N3O3. The predicted molar refractivity (Wildman–Crippen MR) is 90.4 cm³/mol. The fourth-order valence-corrected chi connectivity index (χ4v) is 2.80. The highest BCUT2D eigenvalue weighted by atomic mass is 19.1. The second-order valence-electron chi connectivity index (χ2n) is 5.71. The lowest BCUT2D eigenvalue weighted by Crippen LogP contribution is -1.92. The van der Waals surface area contributed by atoms with Crippen molar-refractivity contribution in [3.05, 3.63) is 70.3 Å². The minimum atomic E-state index is -0.730. The van der Waals surface area contributed by atoms with Crippen LogP contribution < -0.4 is 0 Å². The SMILES string of the molecule is Cn1c(-c2ccc(-c3ccc(F)cc3F)o2)nc2ccc([N+](=O)[O-])cc21. The molecule has 0 saturated carbocycles. The zero-order chi connectivity index (χ0) is 18.4. The Kier molecular flexibility index (Phi) is 3.54. The van der Waals surface area contributed by atoms with Gasteiger partial charge < -0.3 is 8.98 Å². The number of fused-ring (bicyclic) bond motifs is 1. The number of non-ortho nitro benzene ring substituents is 1. The molecule has 4 aromatic rings. The first-order valence-electron chi connectivity index (χ1n) is 7.60.